The highest BCUT2D eigenvalue weighted by Crippen LogP contribution is 2.25. The van der Waals surface area contributed by atoms with Crippen LogP contribution in [0, 0.1) is 0 Å². The summed E-state index contributed by atoms with van der Waals surface area (Å²) in [5, 5.41) is 16.2. The van der Waals surface area contributed by atoms with E-state index in [9.17, 15) is 13.5 Å². The van der Waals surface area contributed by atoms with Crippen LogP contribution in [0.3, 0.4) is 0 Å². The standard InChI is InChI=1S/C9H14N2O4S/c1-2-15-9(12)8-6-3-4-16(13,14)5-7(6)10-11-8/h9,12H,2-5H2,1H3,(H,10,11). The quantitative estimate of drug-likeness (QED) is 0.727. The van der Waals surface area contributed by atoms with Gasteiger partial charge >= 0.3 is 0 Å². The Morgan fingerprint density at radius 3 is 3.06 bits per heavy atom. The molecule has 90 valence electrons. The number of hydrogen-bond donors (Lipinski definition) is 2. The maximum absolute atomic E-state index is 11.4. The van der Waals surface area contributed by atoms with Crippen molar-refractivity contribution in [3.05, 3.63) is 17.0 Å². The summed E-state index contributed by atoms with van der Waals surface area (Å²) in [6.07, 6.45) is -0.695. The Hall–Kier alpha value is -0.920. The van der Waals surface area contributed by atoms with E-state index in [0.29, 0.717) is 24.4 Å². The number of H-pyrrole nitrogens is 1. The lowest BCUT2D eigenvalue weighted by molar-refractivity contribution is -0.101. The molecule has 0 radical (unpaired) electrons. The molecule has 1 aromatic rings. The van der Waals surface area contributed by atoms with Gasteiger partial charge in [0.2, 0.25) is 6.29 Å². The van der Waals surface area contributed by atoms with Crippen molar-refractivity contribution in [3.63, 3.8) is 0 Å². The van der Waals surface area contributed by atoms with Crippen LogP contribution in [0.2, 0.25) is 0 Å². The maximum atomic E-state index is 11.4. The summed E-state index contributed by atoms with van der Waals surface area (Å²) in [7, 11) is -3.01. The van der Waals surface area contributed by atoms with Gasteiger partial charge in [-0.25, -0.2) is 8.42 Å². The molecule has 0 spiro atoms. The van der Waals surface area contributed by atoms with Crippen molar-refractivity contribution >= 4 is 9.84 Å². The Bertz CT molecular complexity index is 480. The minimum Gasteiger partial charge on any atom is -0.363 e. The molecule has 1 unspecified atom stereocenters. The predicted molar refractivity (Wildman–Crippen MR) is 56.4 cm³/mol. The SMILES string of the molecule is CCOC(O)c1n[nH]c2c1CCS(=O)(=O)C2. The van der Waals surface area contributed by atoms with Gasteiger partial charge in [0, 0.05) is 12.2 Å². The van der Waals surface area contributed by atoms with Crippen LogP contribution < -0.4 is 0 Å². The third kappa shape index (κ3) is 2.11. The summed E-state index contributed by atoms with van der Waals surface area (Å²) >= 11 is 0. The summed E-state index contributed by atoms with van der Waals surface area (Å²) in [4.78, 5) is 0. The van der Waals surface area contributed by atoms with Crippen molar-refractivity contribution < 1.29 is 18.3 Å². The van der Waals surface area contributed by atoms with E-state index in [1.165, 1.54) is 0 Å². The largest absolute Gasteiger partial charge is 0.363 e. The molecule has 0 aliphatic carbocycles. The van der Waals surface area contributed by atoms with E-state index in [1.807, 2.05) is 0 Å². The van der Waals surface area contributed by atoms with Crippen LogP contribution in [0.5, 0.6) is 0 Å². The number of nitrogens with zero attached hydrogens (tertiary/aromatic N) is 1. The van der Waals surface area contributed by atoms with Crippen LogP contribution in [0.25, 0.3) is 0 Å². The molecule has 2 heterocycles. The number of hydrogen-bond acceptors (Lipinski definition) is 5. The first-order valence-electron chi connectivity index (χ1n) is 5.09. The number of fused-ring (bicyclic) bond motifs is 1. The molecule has 0 amide bonds. The molecule has 16 heavy (non-hydrogen) atoms. The van der Waals surface area contributed by atoms with Gasteiger partial charge in [-0.3, -0.25) is 5.10 Å². The highest BCUT2D eigenvalue weighted by Gasteiger charge is 2.28. The predicted octanol–water partition coefficient (Wildman–Crippen LogP) is -0.0920. The van der Waals surface area contributed by atoms with Crippen LogP contribution >= 0.6 is 0 Å². The van der Waals surface area contributed by atoms with Gasteiger partial charge in [-0.15, -0.1) is 0 Å². The number of aromatic amines is 1. The van der Waals surface area contributed by atoms with E-state index in [0.717, 1.165) is 5.56 Å². The number of aliphatic hydroxyl groups is 1. The number of aromatic nitrogens is 2. The number of nitrogens with one attached hydrogen (secondary N) is 1. The van der Waals surface area contributed by atoms with Crippen molar-refractivity contribution in [3.8, 4) is 0 Å². The Kier molecular flexibility index (Phi) is 3.00. The van der Waals surface area contributed by atoms with Gasteiger partial charge in [0.05, 0.1) is 17.2 Å². The topological polar surface area (TPSA) is 92.3 Å². The Balaban J connectivity index is 2.29. The van der Waals surface area contributed by atoms with Crippen LogP contribution in [0.15, 0.2) is 0 Å². The molecular formula is C9H14N2O4S. The lowest BCUT2D eigenvalue weighted by Gasteiger charge is -2.14. The Morgan fingerprint density at radius 2 is 2.38 bits per heavy atom. The van der Waals surface area contributed by atoms with E-state index in [-0.39, 0.29) is 11.5 Å². The molecule has 0 saturated carbocycles. The van der Waals surface area contributed by atoms with Crippen LogP contribution in [0.4, 0.5) is 0 Å². The second-order valence-corrected chi connectivity index (χ2v) is 5.90. The summed E-state index contributed by atoms with van der Waals surface area (Å²) < 4.78 is 27.8. The van der Waals surface area contributed by atoms with Gasteiger partial charge < -0.3 is 9.84 Å². The first-order chi connectivity index (χ1) is 7.53. The van der Waals surface area contributed by atoms with Gasteiger partial charge in [0.1, 0.15) is 5.69 Å². The number of rotatable bonds is 3. The number of ether oxygens (including phenoxy) is 1. The van der Waals surface area contributed by atoms with Crippen molar-refractivity contribution in [1.29, 1.82) is 0 Å². The van der Waals surface area contributed by atoms with Crippen molar-refractivity contribution in [2.24, 2.45) is 0 Å². The second-order valence-electron chi connectivity index (χ2n) is 3.72. The van der Waals surface area contributed by atoms with Crippen molar-refractivity contribution in [2.75, 3.05) is 12.4 Å². The van der Waals surface area contributed by atoms with Gasteiger partial charge in [-0.1, -0.05) is 0 Å². The van der Waals surface area contributed by atoms with E-state index in [2.05, 4.69) is 10.2 Å². The first kappa shape index (κ1) is 11.6. The lowest BCUT2D eigenvalue weighted by atomic mass is 10.1. The molecule has 1 aliphatic rings. The molecular weight excluding hydrogens is 232 g/mol. The summed E-state index contributed by atoms with van der Waals surface area (Å²) in [6.45, 7) is 2.15. The zero-order valence-corrected chi connectivity index (χ0v) is 9.75. The zero-order chi connectivity index (χ0) is 11.8. The lowest BCUT2D eigenvalue weighted by Crippen LogP contribution is -2.19. The highest BCUT2D eigenvalue weighted by molar-refractivity contribution is 7.90. The fraction of sp³-hybridized carbons (Fsp3) is 0.667. The first-order valence-corrected chi connectivity index (χ1v) is 6.91. The molecule has 2 N–H and O–H groups in total. The van der Waals surface area contributed by atoms with E-state index in [1.54, 1.807) is 6.92 Å². The van der Waals surface area contributed by atoms with Crippen LogP contribution in [-0.4, -0.2) is 36.1 Å². The maximum Gasteiger partial charge on any atom is 0.200 e. The Labute approximate surface area is 93.5 Å². The van der Waals surface area contributed by atoms with E-state index in [4.69, 9.17) is 4.74 Å². The molecule has 0 saturated heterocycles. The number of sulfone groups is 1. The van der Waals surface area contributed by atoms with Gasteiger partial charge in [0.25, 0.3) is 0 Å². The van der Waals surface area contributed by atoms with Gasteiger partial charge in [0.15, 0.2) is 9.84 Å². The van der Waals surface area contributed by atoms with Gasteiger partial charge in [-0.2, -0.15) is 5.10 Å². The molecule has 0 fully saturated rings. The average molecular weight is 246 g/mol. The van der Waals surface area contributed by atoms with Crippen molar-refractivity contribution in [1.82, 2.24) is 10.2 Å². The number of aliphatic hydroxyl groups excluding tert-OH is 1. The fourth-order valence-electron chi connectivity index (χ4n) is 1.81. The van der Waals surface area contributed by atoms with Gasteiger partial charge in [-0.05, 0) is 13.3 Å². The van der Waals surface area contributed by atoms with Crippen molar-refractivity contribution in [2.45, 2.75) is 25.4 Å². The van der Waals surface area contributed by atoms with Crippen LogP contribution in [0.1, 0.15) is 30.2 Å². The molecule has 6 nitrogen and oxygen atoms in total. The normalized spacial score (nSPS) is 20.4. The highest BCUT2D eigenvalue weighted by atomic mass is 32.2. The molecule has 1 aliphatic heterocycles. The average Bonchev–Trinajstić information content (AvgIpc) is 2.59. The van der Waals surface area contributed by atoms with E-state index < -0.39 is 16.1 Å². The smallest absolute Gasteiger partial charge is 0.200 e. The summed E-state index contributed by atoms with van der Waals surface area (Å²) in [5.74, 6) is 0.0690. The summed E-state index contributed by atoms with van der Waals surface area (Å²) in [6, 6.07) is 0. The zero-order valence-electron chi connectivity index (χ0n) is 8.93. The van der Waals surface area contributed by atoms with Crippen LogP contribution in [-0.2, 0) is 26.7 Å². The molecule has 1 atom stereocenters. The molecule has 7 heteroatoms. The third-order valence-corrected chi connectivity index (χ3v) is 4.13. The van der Waals surface area contributed by atoms with E-state index >= 15 is 0 Å². The molecule has 0 bridgehead atoms. The molecule has 0 aromatic carbocycles. The molecule has 1 aromatic heterocycles. The second kappa shape index (κ2) is 4.15. The third-order valence-electron chi connectivity index (χ3n) is 2.57. The minimum absolute atomic E-state index is 0.0336. The Morgan fingerprint density at radius 1 is 1.62 bits per heavy atom. The minimum atomic E-state index is -3.01. The molecule has 2 rings (SSSR count). The summed E-state index contributed by atoms with van der Waals surface area (Å²) in [5.41, 5.74) is 1.75. The monoisotopic (exact) mass is 246 g/mol. The fourth-order valence-corrected chi connectivity index (χ4v) is 3.14.